The van der Waals surface area contributed by atoms with E-state index in [0.717, 1.165) is 36.3 Å². The first kappa shape index (κ1) is 30.7. The number of carbonyl (C=O) groups is 1. The fraction of sp³-hybridized carbons (Fsp3) is 0.500. The van der Waals surface area contributed by atoms with Crippen molar-refractivity contribution < 1.29 is 27.1 Å². The third-order valence-electron chi connectivity index (χ3n) is 9.79. The molecule has 0 saturated carbocycles. The minimum Gasteiger partial charge on any atom is -0.461 e. The van der Waals surface area contributed by atoms with Crippen molar-refractivity contribution in [1.29, 1.82) is 5.26 Å². The number of fused-ring (bicyclic) bond motifs is 3. The maximum atomic E-state index is 14.9. The summed E-state index contributed by atoms with van der Waals surface area (Å²) in [5.74, 6) is -2.19. The van der Waals surface area contributed by atoms with Crippen molar-refractivity contribution in [3.8, 4) is 12.1 Å². The third-order valence-corrected chi connectivity index (χ3v) is 10.7. The van der Waals surface area contributed by atoms with Crippen molar-refractivity contribution >= 4 is 38.8 Å². The second-order valence-electron chi connectivity index (χ2n) is 12.5. The summed E-state index contributed by atoms with van der Waals surface area (Å²) in [6.07, 6.45) is 1.73. The number of ether oxygens (including phenoxy) is 1. The summed E-state index contributed by atoms with van der Waals surface area (Å²) in [7, 11) is 0. The van der Waals surface area contributed by atoms with Gasteiger partial charge in [-0.2, -0.15) is 19.6 Å². The molecule has 3 aromatic rings. The summed E-state index contributed by atoms with van der Waals surface area (Å²) < 4.78 is 64.2. The quantitative estimate of drug-likeness (QED) is 0.263. The number of benzene rings is 1. The molecule has 0 spiro atoms. The number of anilines is 2. The van der Waals surface area contributed by atoms with Crippen LogP contribution >= 0.6 is 11.3 Å². The number of amides is 1. The van der Waals surface area contributed by atoms with Gasteiger partial charge < -0.3 is 19.4 Å². The fourth-order valence-electron chi connectivity index (χ4n) is 7.65. The molecule has 0 aliphatic carbocycles. The van der Waals surface area contributed by atoms with E-state index in [1.807, 2.05) is 9.80 Å². The molecule has 3 atom stereocenters. The Morgan fingerprint density at radius 1 is 1.17 bits per heavy atom. The molecule has 3 saturated heterocycles. The summed E-state index contributed by atoms with van der Waals surface area (Å²) in [4.78, 5) is 29.6. The van der Waals surface area contributed by atoms with E-state index in [2.05, 4.69) is 17.5 Å². The molecule has 1 amide bonds. The van der Waals surface area contributed by atoms with E-state index in [1.54, 1.807) is 18.2 Å². The van der Waals surface area contributed by atoms with Gasteiger partial charge in [-0.05, 0) is 37.9 Å². The maximum Gasteiger partial charge on any atom is 0.318 e. The molecule has 0 N–H and O–H groups in total. The van der Waals surface area contributed by atoms with Crippen LogP contribution in [0, 0.1) is 22.3 Å². The van der Waals surface area contributed by atoms with Crippen molar-refractivity contribution in [2.24, 2.45) is 0 Å². The molecule has 0 radical (unpaired) electrons. The van der Waals surface area contributed by atoms with Gasteiger partial charge in [0.1, 0.15) is 18.6 Å². The molecule has 9 nitrogen and oxygen atoms in total. The second-order valence-corrected chi connectivity index (χ2v) is 13.5. The van der Waals surface area contributed by atoms with Crippen molar-refractivity contribution in [2.45, 2.75) is 56.4 Å². The number of thiophene rings is 1. The largest absolute Gasteiger partial charge is 0.461 e. The Bertz CT molecular complexity index is 1750. The number of nitrogens with zero attached hydrogens (tertiary/aromatic N) is 7. The number of piperazine rings is 1. The van der Waals surface area contributed by atoms with E-state index in [-0.39, 0.29) is 44.1 Å². The first-order valence-corrected chi connectivity index (χ1v) is 16.3. The molecular formula is C32H33F4N7O2S. The molecule has 4 aliphatic rings. The van der Waals surface area contributed by atoms with Crippen LogP contribution in [0.25, 0.3) is 10.1 Å². The Kier molecular flexibility index (Phi) is 8.01. The lowest BCUT2D eigenvalue weighted by atomic mass is 9.95. The molecule has 7 rings (SSSR count). The molecular weight excluding hydrogens is 622 g/mol. The normalized spacial score (nSPS) is 24.6. The van der Waals surface area contributed by atoms with Gasteiger partial charge in [0, 0.05) is 55.1 Å². The van der Waals surface area contributed by atoms with Gasteiger partial charge in [0.05, 0.1) is 41.7 Å². The Labute approximate surface area is 267 Å². The van der Waals surface area contributed by atoms with Crippen LogP contribution in [0.2, 0.25) is 0 Å². The van der Waals surface area contributed by atoms with E-state index < -0.39 is 40.4 Å². The molecule has 46 heavy (non-hydrogen) atoms. The van der Waals surface area contributed by atoms with Crippen molar-refractivity contribution in [2.75, 3.05) is 55.7 Å². The zero-order chi connectivity index (χ0) is 32.2. The van der Waals surface area contributed by atoms with Gasteiger partial charge in [-0.3, -0.25) is 9.69 Å². The molecule has 4 aliphatic heterocycles. The Morgan fingerprint density at radius 2 is 2.02 bits per heavy atom. The van der Waals surface area contributed by atoms with E-state index in [4.69, 9.17) is 14.7 Å². The Morgan fingerprint density at radius 3 is 2.83 bits per heavy atom. The van der Waals surface area contributed by atoms with Crippen molar-refractivity contribution in [1.82, 2.24) is 19.8 Å². The Hall–Kier alpha value is -3.96. The summed E-state index contributed by atoms with van der Waals surface area (Å²) in [5.41, 5.74) is 1.65. The lowest BCUT2D eigenvalue weighted by molar-refractivity contribution is -0.131. The van der Waals surface area contributed by atoms with Gasteiger partial charge in [-0.1, -0.05) is 12.6 Å². The second kappa shape index (κ2) is 12.0. The van der Waals surface area contributed by atoms with Crippen LogP contribution in [0.3, 0.4) is 0 Å². The van der Waals surface area contributed by atoms with Crippen LogP contribution in [-0.2, 0) is 17.8 Å². The molecule has 2 aromatic heterocycles. The number of halogens is 4. The maximum absolute atomic E-state index is 14.9. The molecule has 3 fully saturated rings. The molecule has 14 heteroatoms. The zero-order valence-corrected chi connectivity index (χ0v) is 26.0. The first-order chi connectivity index (χ1) is 22.2. The van der Waals surface area contributed by atoms with Crippen molar-refractivity contribution in [3.05, 3.63) is 52.8 Å². The fourth-order valence-corrected chi connectivity index (χ4v) is 8.47. The summed E-state index contributed by atoms with van der Waals surface area (Å²) >= 11 is 0.769. The van der Waals surface area contributed by atoms with Gasteiger partial charge in [0.25, 0.3) is 5.91 Å². The average Bonchev–Trinajstić information content (AvgIpc) is 3.67. The lowest BCUT2D eigenvalue weighted by Crippen LogP contribution is -2.55. The lowest BCUT2D eigenvalue weighted by Gasteiger charge is -2.42. The molecule has 6 heterocycles. The number of rotatable bonds is 7. The highest BCUT2D eigenvalue weighted by molar-refractivity contribution is 7.17. The number of hydrogen-bond donors (Lipinski definition) is 0. The van der Waals surface area contributed by atoms with E-state index in [0.29, 0.717) is 54.4 Å². The predicted molar refractivity (Wildman–Crippen MR) is 165 cm³/mol. The van der Waals surface area contributed by atoms with Crippen LogP contribution < -0.4 is 14.5 Å². The standard InChI is InChI=1S/C32H33F4N7O2S/c1-19(33)30(44)43-13-12-41(16-21(43)6-9-37)29-22-7-11-40(24-4-2-5-25-26(24)27(35)28(36)46-25)17-23(22)38-31(39-29)45-18-32-8-3-10-42(32)15-20(34)14-32/h2,4-5,20-21H,1,3,6-8,10-18H2/t20-,21+,32?/m1/s1. The highest BCUT2D eigenvalue weighted by atomic mass is 32.1. The minimum atomic E-state index is -1.08. The van der Waals surface area contributed by atoms with E-state index in [1.165, 1.54) is 4.90 Å². The van der Waals surface area contributed by atoms with Gasteiger partial charge in [-0.15, -0.1) is 11.3 Å². The highest BCUT2D eigenvalue weighted by Crippen LogP contribution is 2.42. The smallest absolute Gasteiger partial charge is 0.318 e. The van der Waals surface area contributed by atoms with Crippen LogP contribution in [0.5, 0.6) is 6.01 Å². The van der Waals surface area contributed by atoms with Gasteiger partial charge in [0.2, 0.25) is 5.13 Å². The van der Waals surface area contributed by atoms with Crippen molar-refractivity contribution in [3.63, 3.8) is 0 Å². The van der Waals surface area contributed by atoms with Crippen LogP contribution in [0.1, 0.15) is 36.9 Å². The average molecular weight is 656 g/mol. The summed E-state index contributed by atoms with van der Waals surface area (Å²) in [5, 5.41) is 8.87. The van der Waals surface area contributed by atoms with E-state index >= 15 is 0 Å². The molecule has 1 aromatic carbocycles. The van der Waals surface area contributed by atoms with Gasteiger partial charge >= 0.3 is 6.01 Å². The predicted octanol–water partition coefficient (Wildman–Crippen LogP) is 4.90. The molecule has 242 valence electrons. The number of carbonyl (C=O) groups excluding carboxylic acids is 1. The first-order valence-electron chi connectivity index (χ1n) is 15.5. The minimum absolute atomic E-state index is 0.00451. The number of aromatic nitrogens is 2. The van der Waals surface area contributed by atoms with Gasteiger partial charge in [-0.25, -0.2) is 13.2 Å². The van der Waals surface area contributed by atoms with Crippen LogP contribution in [0.15, 0.2) is 30.6 Å². The monoisotopic (exact) mass is 655 g/mol. The summed E-state index contributed by atoms with van der Waals surface area (Å²) in [6, 6.07) is 6.87. The molecule has 0 bridgehead atoms. The van der Waals surface area contributed by atoms with Crippen LogP contribution in [-0.4, -0.2) is 89.3 Å². The highest BCUT2D eigenvalue weighted by Gasteiger charge is 2.49. The third kappa shape index (κ3) is 5.33. The van der Waals surface area contributed by atoms with E-state index in [9.17, 15) is 27.6 Å². The number of hydrogen-bond acceptors (Lipinski definition) is 9. The topological polar surface area (TPSA) is 88.8 Å². The number of alkyl halides is 1. The molecule has 1 unspecified atom stereocenters. The number of nitriles is 1. The SMILES string of the molecule is C=C(F)C(=O)N1CCN(c2nc(OCC34CCCN3C[C@H](F)C4)nc3c2CCN(c2cccc4sc(F)c(F)c24)C3)C[C@@H]1CC#N. The summed E-state index contributed by atoms with van der Waals surface area (Å²) in [6.45, 7) is 6.06. The zero-order valence-electron chi connectivity index (χ0n) is 25.2. The van der Waals surface area contributed by atoms with Gasteiger partial charge in [0.15, 0.2) is 11.6 Å². The van der Waals surface area contributed by atoms with Crippen LogP contribution in [0.4, 0.5) is 29.1 Å². The Balaban J connectivity index is 1.23.